The lowest BCUT2D eigenvalue weighted by molar-refractivity contribution is -0.136. The Balaban J connectivity index is 0.835. The molecular formula is C41H44N10O6. The second kappa shape index (κ2) is 14.4. The van der Waals surface area contributed by atoms with E-state index in [1.165, 1.54) is 6.20 Å². The molecule has 16 nitrogen and oxygen atoms in total. The Bertz CT molecular complexity index is 2440. The smallest absolute Gasteiger partial charge is 0.262 e. The maximum Gasteiger partial charge on any atom is 0.262 e. The van der Waals surface area contributed by atoms with E-state index in [0.29, 0.717) is 45.9 Å². The van der Waals surface area contributed by atoms with Gasteiger partial charge in [0.05, 0.1) is 40.7 Å². The van der Waals surface area contributed by atoms with Crippen LogP contribution >= 0.6 is 0 Å². The van der Waals surface area contributed by atoms with Gasteiger partial charge in [0.15, 0.2) is 5.65 Å². The number of ether oxygens (including phenoxy) is 1. The summed E-state index contributed by atoms with van der Waals surface area (Å²) in [5, 5.41) is 15.4. The molecule has 5 aromatic rings. The summed E-state index contributed by atoms with van der Waals surface area (Å²) < 4.78 is 9.75. The van der Waals surface area contributed by atoms with Gasteiger partial charge >= 0.3 is 0 Å². The van der Waals surface area contributed by atoms with E-state index in [9.17, 15) is 24.0 Å². The maximum atomic E-state index is 13.4. The summed E-state index contributed by atoms with van der Waals surface area (Å²) in [6, 6.07) is 11.0. The van der Waals surface area contributed by atoms with Gasteiger partial charge in [-0.05, 0) is 82.8 Å². The lowest BCUT2D eigenvalue weighted by Crippen LogP contribution is -2.54. The van der Waals surface area contributed by atoms with Crippen LogP contribution in [0.4, 0.5) is 11.4 Å². The zero-order chi connectivity index (χ0) is 39.5. The fourth-order valence-electron chi connectivity index (χ4n) is 8.86. The Morgan fingerprint density at radius 2 is 1.81 bits per heavy atom. The number of aromatic nitrogens is 5. The number of rotatable bonds is 10. The molecule has 2 aromatic carbocycles. The minimum atomic E-state index is -0.981. The van der Waals surface area contributed by atoms with Crippen molar-refractivity contribution < 1.29 is 28.7 Å². The lowest BCUT2D eigenvalue weighted by atomic mass is 9.83. The minimum Gasteiger partial charge on any atom is -0.489 e. The number of anilines is 2. The van der Waals surface area contributed by atoms with Gasteiger partial charge in [-0.2, -0.15) is 10.2 Å². The Morgan fingerprint density at radius 3 is 2.56 bits per heavy atom. The number of carbonyl (C=O) groups excluding carboxylic acids is 5. The second-order valence-electron chi connectivity index (χ2n) is 15.6. The number of piperidine rings is 2. The molecule has 3 aliphatic heterocycles. The largest absolute Gasteiger partial charge is 0.489 e. The number of amides is 5. The first-order chi connectivity index (χ1) is 27.6. The van der Waals surface area contributed by atoms with Gasteiger partial charge in [0.1, 0.15) is 17.4 Å². The lowest BCUT2D eigenvalue weighted by Gasteiger charge is -2.48. The van der Waals surface area contributed by atoms with Crippen LogP contribution in [-0.4, -0.2) is 108 Å². The van der Waals surface area contributed by atoms with Crippen molar-refractivity contribution in [1.82, 2.24) is 39.5 Å². The van der Waals surface area contributed by atoms with Crippen molar-refractivity contribution in [2.75, 3.05) is 29.9 Å². The standard InChI is InChI=1S/C41H44N10O6/c1-4-48(25-10-14-47(15-11-25)26-6-7-29-30(19-26)41(56)51(40(29)55)34-8-9-36(52)45-39(34)54)27-17-28(18-27)50-22-24-16-33(35(57-23(2)3)20-32(24)46-50)44-38(53)31-21-43-49-13-5-12-42-37(31)49/h5-7,12-13,16,19-23,25,27-28,34H,4,8-11,14-15,17-18H2,1-3H3,(H,44,53)(H,45,52,54). The van der Waals surface area contributed by atoms with Gasteiger partial charge in [0.25, 0.3) is 17.7 Å². The Morgan fingerprint density at radius 1 is 1.02 bits per heavy atom. The van der Waals surface area contributed by atoms with E-state index >= 15 is 0 Å². The quantitative estimate of drug-likeness (QED) is 0.195. The average Bonchev–Trinajstić information content (AvgIpc) is 3.86. The molecule has 0 bridgehead atoms. The maximum absolute atomic E-state index is 13.4. The van der Waals surface area contributed by atoms with E-state index in [0.717, 1.165) is 66.8 Å². The third-order valence-corrected chi connectivity index (χ3v) is 11.8. The van der Waals surface area contributed by atoms with Gasteiger partial charge in [-0.1, -0.05) is 6.92 Å². The first-order valence-corrected chi connectivity index (χ1v) is 19.7. The summed E-state index contributed by atoms with van der Waals surface area (Å²) in [7, 11) is 0. The van der Waals surface area contributed by atoms with Crippen LogP contribution in [-0.2, 0) is 9.59 Å². The number of nitrogens with zero attached hydrogens (tertiary/aromatic N) is 8. The first-order valence-electron chi connectivity index (χ1n) is 19.7. The van der Waals surface area contributed by atoms with Crippen LogP contribution in [0, 0.1) is 0 Å². The number of hydrogen-bond donors (Lipinski definition) is 2. The Hall–Kier alpha value is -6.16. The highest BCUT2D eigenvalue weighted by Gasteiger charge is 2.45. The third-order valence-electron chi connectivity index (χ3n) is 11.8. The van der Waals surface area contributed by atoms with Gasteiger partial charge < -0.3 is 15.0 Å². The topological polar surface area (TPSA) is 176 Å². The molecule has 4 aliphatic rings. The molecule has 3 aromatic heterocycles. The molecule has 6 heterocycles. The number of nitrogens with one attached hydrogen (secondary N) is 2. The second-order valence-corrected chi connectivity index (χ2v) is 15.6. The molecule has 2 saturated heterocycles. The normalized spacial score (nSPS) is 21.5. The van der Waals surface area contributed by atoms with Crippen LogP contribution in [0.2, 0.25) is 0 Å². The zero-order valence-corrected chi connectivity index (χ0v) is 32.1. The monoisotopic (exact) mass is 772 g/mol. The number of imide groups is 2. The molecule has 0 spiro atoms. The Labute approximate surface area is 328 Å². The molecule has 1 unspecified atom stereocenters. The van der Waals surface area contributed by atoms with E-state index in [1.54, 1.807) is 35.1 Å². The van der Waals surface area contributed by atoms with E-state index in [4.69, 9.17) is 9.84 Å². The Kier molecular flexibility index (Phi) is 9.22. The van der Waals surface area contributed by atoms with Crippen molar-refractivity contribution in [2.45, 2.75) is 89.6 Å². The van der Waals surface area contributed by atoms with Crippen molar-refractivity contribution in [3.05, 3.63) is 77.9 Å². The number of fused-ring (bicyclic) bond motifs is 3. The molecule has 9 rings (SSSR count). The molecule has 294 valence electrons. The van der Waals surface area contributed by atoms with Crippen molar-refractivity contribution in [1.29, 1.82) is 0 Å². The van der Waals surface area contributed by atoms with E-state index in [2.05, 4.69) is 48.3 Å². The van der Waals surface area contributed by atoms with Gasteiger partial charge in [-0.15, -0.1) is 0 Å². The molecule has 3 fully saturated rings. The van der Waals surface area contributed by atoms with E-state index in [-0.39, 0.29) is 30.9 Å². The van der Waals surface area contributed by atoms with Crippen molar-refractivity contribution in [3.63, 3.8) is 0 Å². The fourth-order valence-corrected chi connectivity index (χ4v) is 8.86. The van der Waals surface area contributed by atoms with E-state index in [1.807, 2.05) is 32.0 Å². The predicted molar refractivity (Wildman–Crippen MR) is 209 cm³/mol. The first kappa shape index (κ1) is 36.5. The van der Waals surface area contributed by atoms with Gasteiger partial charge in [-0.25, -0.2) is 9.50 Å². The molecule has 1 aliphatic carbocycles. The summed E-state index contributed by atoms with van der Waals surface area (Å²) in [6.07, 6.45) is 10.9. The molecule has 1 saturated carbocycles. The van der Waals surface area contributed by atoms with Crippen LogP contribution in [0.1, 0.15) is 96.4 Å². The predicted octanol–water partition coefficient (Wildman–Crippen LogP) is 4.21. The van der Waals surface area contributed by atoms with Gasteiger partial charge in [0.2, 0.25) is 11.8 Å². The number of benzene rings is 2. The molecule has 16 heteroatoms. The zero-order valence-electron chi connectivity index (χ0n) is 32.1. The minimum absolute atomic E-state index is 0.0872. The van der Waals surface area contributed by atoms with Crippen LogP contribution in [0.5, 0.6) is 5.75 Å². The summed E-state index contributed by atoms with van der Waals surface area (Å²) in [6.45, 7) is 8.67. The molecule has 5 amide bonds. The van der Waals surface area contributed by atoms with Gasteiger partial charge in [-0.3, -0.25) is 43.8 Å². The van der Waals surface area contributed by atoms with Crippen molar-refractivity contribution in [2.24, 2.45) is 0 Å². The number of carbonyl (C=O) groups is 5. The highest BCUT2D eigenvalue weighted by molar-refractivity contribution is 6.23. The average molecular weight is 773 g/mol. The highest BCUT2D eigenvalue weighted by Crippen LogP contribution is 2.40. The van der Waals surface area contributed by atoms with E-state index < -0.39 is 29.7 Å². The fraction of sp³-hybridized carbons (Fsp3) is 0.415. The summed E-state index contributed by atoms with van der Waals surface area (Å²) in [5.74, 6) is -1.77. The third kappa shape index (κ3) is 6.56. The van der Waals surface area contributed by atoms with Crippen LogP contribution in [0.3, 0.4) is 0 Å². The molecular weight excluding hydrogens is 729 g/mol. The van der Waals surface area contributed by atoms with Crippen molar-refractivity contribution >= 4 is 57.5 Å². The molecule has 0 radical (unpaired) electrons. The van der Waals surface area contributed by atoms with Crippen LogP contribution in [0.25, 0.3) is 16.6 Å². The van der Waals surface area contributed by atoms with Crippen LogP contribution < -0.4 is 20.3 Å². The molecule has 57 heavy (non-hydrogen) atoms. The van der Waals surface area contributed by atoms with Crippen LogP contribution in [0.15, 0.2) is 61.2 Å². The SMILES string of the molecule is CCN(C1CCN(c2ccc3c(c2)C(=O)N(C2CCC(=O)NC2=O)C3=O)CC1)C1CC(n2cc3cc(NC(=O)c4cnn5cccnc45)c(OC(C)C)cc3n2)C1. The highest BCUT2D eigenvalue weighted by atomic mass is 16.5. The van der Waals surface area contributed by atoms with Crippen molar-refractivity contribution in [3.8, 4) is 5.75 Å². The summed E-state index contributed by atoms with van der Waals surface area (Å²) >= 11 is 0. The molecule has 1 atom stereocenters. The summed E-state index contributed by atoms with van der Waals surface area (Å²) in [5.41, 5.74) is 3.67. The summed E-state index contributed by atoms with van der Waals surface area (Å²) in [4.78, 5) is 74.3. The molecule has 2 N–H and O–H groups in total. The van der Waals surface area contributed by atoms with Gasteiger partial charge in [0, 0.05) is 67.3 Å². The number of hydrogen-bond acceptors (Lipinski definition) is 11.